The van der Waals surface area contributed by atoms with E-state index in [0.717, 1.165) is 25.3 Å². The van der Waals surface area contributed by atoms with Crippen LogP contribution in [0.15, 0.2) is 18.2 Å². The van der Waals surface area contributed by atoms with Crippen LogP contribution >= 0.6 is 0 Å². The highest BCUT2D eigenvalue weighted by Gasteiger charge is 2.70. The molecule has 1 aliphatic carbocycles. The van der Waals surface area contributed by atoms with Gasteiger partial charge in [0.15, 0.2) is 5.60 Å². The zero-order valence-corrected chi connectivity index (χ0v) is 17.4. The molecule has 7 atom stereocenters. The molecule has 2 bridgehead atoms. The lowest BCUT2D eigenvalue weighted by molar-refractivity contribution is -0.559. The van der Waals surface area contributed by atoms with Crippen molar-refractivity contribution in [3.8, 4) is 0 Å². The first kappa shape index (κ1) is 20.3. The average Bonchev–Trinajstić information content (AvgIpc) is 2.90. The number of carbonyl (C=O) groups is 1. The largest absolute Gasteiger partial charge is 0.432 e. The molecular formula is C23H28F2O5. The topological polar surface area (TPSA) is 54.0 Å². The molecule has 4 heterocycles. The lowest BCUT2D eigenvalue weighted by Crippen LogP contribution is -2.70. The number of hydrogen-bond donors (Lipinski definition) is 0. The van der Waals surface area contributed by atoms with Gasteiger partial charge in [-0.05, 0) is 69.1 Å². The summed E-state index contributed by atoms with van der Waals surface area (Å²) >= 11 is 0. The van der Waals surface area contributed by atoms with Crippen molar-refractivity contribution in [1.82, 2.24) is 0 Å². The van der Waals surface area contributed by atoms with E-state index in [0.29, 0.717) is 37.2 Å². The van der Waals surface area contributed by atoms with Gasteiger partial charge in [0, 0.05) is 24.3 Å². The summed E-state index contributed by atoms with van der Waals surface area (Å²) in [6.07, 6.45) is 4.38. The second kappa shape index (κ2) is 7.24. The number of carbonyl (C=O) groups excluding carboxylic acids is 1. The van der Waals surface area contributed by atoms with Crippen LogP contribution in [0.4, 0.5) is 8.78 Å². The molecule has 0 aromatic heterocycles. The Morgan fingerprint density at radius 3 is 2.60 bits per heavy atom. The monoisotopic (exact) mass is 422 g/mol. The third-order valence-corrected chi connectivity index (χ3v) is 7.69. The maximum Gasteiger partial charge on any atom is 0.311 e. The van der Waals surface area contributed by atoms with Crippen LogP contribution < -0.4 is 0 Å². The zero-order valence-electron chi connectivity index (χ0n) is 17.4. The van der Waals surface area contributed by atoms with Gasteiger partial charge >= 0.3 is 5.97 Å². The predicted octanol–water partition coefficient (Wildman–Crippen LogP) is 4.68. The first-order valence-corrected chi connectivity index (χ1v) is 11.0. The Labute approximate surface area is 174 Å². The summed E-state index contributed by atoms with van der Waals surface area (Å²) in [5.74, 6) is -2.12. The first-order valence-electron chi connectivity index (χ1n) is 11.0. The quantitative estimate of drug-likeness (QED) is 0.521. The van der Waals surface area contributed by atoms with E-state index in [-0.39, 0.29) is 23.7 Å². The zero-order chi connectivity index (χ0) is 21.1. The normalized spacial score (nSPS) is 42.4. The third-order valence-electron chi connectivity index (χ3n) is 7.69. The third kappa shape index (κ3) is 3.17. The SMILES string of the molecule is C[C@@H]1CC[C@H]2[C@@H](CCCc3cc(F)cc(F)c3)C(=O)O[C@@H]3O[C@@]4(C)CC[C@@H]1[C@]32OO4. The van der Waals surface area contributed by atoms with Crippen molar-refractivity contribution in [2.45, 2.75) is 76.5 Å². The molecule has 0 unspecified atom stereocenters. The molecule has 5 aliphatic rings. The number of benzene rings is 1. The summed E-state index contributed by atoms with van der Waals surface area (Å²) in [5, 5.41) is 0. The van der Waals surface area contributed by atoms with Crippen molar-refractivity contribution in [2.24, 2.45) is 23.7 Å². The fraction of sp³-hybridized carbons (Fsp3) is 0.696. The molecule has 6 rings (SSSR count). The van der Waals surface area contributed by atoms with Gasteiger partial charge in [-0.15, -0.1) is 0 Å². The van der Waals surface area contributed by atoms with Gasteiger partial charge in [-0.1, -0.05) is 6.92 Å². The van der Waals surface area contributed by atoms with Gasteiger partial charge in [-0.25, -0.2) is 18.6 Å². The number of halogens is 2. The van der Waals surface area contributed by atoms with Gasteiger partial charge < -0.3 is 9.47 Å². The van der Waals surface area contributed by atoms with E-state index in [1.807, 2.05) is 6.92 Å². The second-order valence-corrected chi connectivity index (χ2v) is 9.62. The summed E-state index contributed by atoms with van der Waals surface area (Å²) in [6.45, 7) is 4.05. The molecule has 5 fully saturated rings. The Bertz CT molecular complexity index is 827. The van der Waals surface area contributed by atoms with E-state index in [2.05, 4.69) is 6.92 Å². The molecule has 30 heavy (non-hydrogen) atoms. The highest BCUT2D eigenvalue weighted by atomic mass is 19.1. The minimum atomic E-state index is -0.897. The van der Waals surface area contributed by atoms with Crippen molar-refractivity contribution in [3.63, 3.8) is 0 Å². The van der Waals surface area contributed by atoms with E-state index < -0.39 is 29.3 Å². The Hall–Kier alpha value is -1.57. The van der Waals surface area contributed by atoms with Crippen molar-refractivity contribution in [1.29, 1.82) is 0 Å². The molecule has 4 saturated heterocycles. The van der Waals surface area contributed by atoms with Crippen molar-refractivity contribution in [3.05, 3.63) is 35.4 Å². The maximum atomic E-state index is 13.5. The van der Waals surface area contributed by atoms with E-state index in [1.54, 1.807) is 0 Å². The smallest absolute Gasteiger partial charge is 0.311 e. The number of aryl methyl sites for hydroxylation is 1. The molecule has 164 valence electrons. The minimum Gasteiger partial charge on any atom is -0.432 e. The van der Waals surface area contributed by atoms with E-state index in [4.69, 9.17) is 19.2 Å². The van der Waals surface area contributed by atoms with Crippen LogP contribution in [0, 0.1) is 35.3 Å². The highest BCUT2D eigenvalue weighted by Crippen LogP contribution is 2.60. The highest BCUT2D eigenvalue weighted by molar-refractivity contribution is 5.74. The fourth-order valence-electron chi connectivity index (χ4n) is 6.22. The minimum absolute atomic E-state index is 0.0585. The van der Waals surface area contributed by atoms with Gasteiger partial charge in [0.2, 0.25) is 12.1 Å². The van der Waals surface area contributed by atoms with Crippen LogP contribution in [-0.2, 0) is 30.5 Å². The molecule has 4 aliphatic heterocycles. The van der Waals surface area contributed by atoms with E-state index >= 15 is 0 Å². The van der Waals surface area contributed by atoms with Crippen LogP contribution in [0.2, 0.25) is 0 Å². The number of esters is 1. The first-order chi connectivity index (χ1) is 14.3. The summed E-state index contributed by atoms with van der Waals surface area (Å²) in [6, 6.07) is 3.55. The van der Waals surface area contributed by atoms with Crippen molar-refractivity contribution >= 4 is 5.97 Å². The van der Waals surface area contributed by atoms with Crippen LogP contribution in [0.3, 0.4) is 0 Å². The van der Waals surface area contributed by atoms with Gasteiger partial charge in [-0.3, -0.25) is 4.79 Å². The molecule has 1 spiro atoms. The molecule has 0 radical (unpaired) electrons. The van der Waals surface area contributed by atoms with Crippen molar-refractivity contribution in [2.75, 3.05) is 0 Å². The van der Waals surface area contributed by atoms with Gasteiger partial charge in [0.05, 0.1) is 5.92 Å². The van der Waals surface area contributed by atoms with Gasteiger partial charge in [-0.2, -0.15) is 0 Å². The summed E-state index contributed by atoms with van der Waals surface area (Å²) in [7, 11) is 0. The Balaban J connectivity index is 1.37. The summed E-state index contributed by atoms with van der Waals surface area (Å²) in [5.41, 5.74) is -0.189. The average molecular weight is 422 g/mol. The van der Waals surface area contributed by atoms with Crippen LogP contribution in [0.25, 0.3) is 0 Å². The Morgan fingerprint density at radius 2 is 1.83 bits per heavy atom. The lowest BCUT2D eigenvalue weighted by atomic mass is 9.57. The van der Waals surface area contributed by atoms with E-state index in [9.17, 15) is 13.6 Å². The molecule has 1 aromatic carbocycles. The summed E-state index contributed by atoms with van der Waals surface area (Å²) in [4.78, 5) is 24.8. The predicted molar refractivity (Wildman–Crippen MR) is 102 cm³/mol. The van der Waals surface area contributed by atoms with E-state index in [1.165, 1.54) is 12.1 Å². The number of hydrogen-bond acceptors (Lipinski definition) is 5. The number of ether oxygens (including phenoxy) is 2. The van der Waals surface area contributed by atoms with Crippen LogP contribution in [0.5, 0.6) is 0 Å². The fourth-order valence-corrected chi connectivity index (χ4v) is 6.22. The molecule has 7 heteroatoms. The number of rotatable bonds is 4. The van der Waals surface area contributed by atoms with Gasteiger partial charge in [0.1, 0.15) is 11.6 Å². The molecule has 0 amide bonds. The molecule has 1 aromatic rings. The summed E-state index contributed by atoms with van der Waals surface area (Å²) < 4.78 is 38.9. The number of fused-ring (bicyclic) bond motifs is 2. The second-order valence-electron chi connectivity index (χ2n) is 9.62. The van der Waals surface area contributed by atoms with Crippen LogP contribution in [0.1, 0.15) is 57.9 Å². The Kier molecular flexibility index (Phi) is 4.91. The van der Waals surface area contributed by atoms with Gasteiger partial charge in [0.25, 0.3) is 0 Å². The van der Waals surface area contributed by atoms with Crippen molar-refractivity contribution < 1.29 is 32.8 Å². The Morgan fingerprint density at radius 1 is 1.07 bits per heavy atom. The molecule has 1 saturated carbocycles. The maximum absolute atomic E-state index is 13.5. The molecule has 5 nitrogen and oxygen atoms in total. The molecule has 0 N–H and O–H groups in total. The lowest BCUT2D eigenvalue weighted by Gasteiger charge is -2.58. The molecular weight excluding hydrogens is 394 g/mol. The standard InChI is InChI=1S/C23H28F2O5/c1-13-6-7-19-17(5-3-4-14-10-15(24)12-16(25)11-14)20(26)27-21-23(19)18(13)8-9-22(2,28-21)29-30-23/h10-13,17-19,21H,3-9H2,1-2H3/t13-,17-,18+,19+,21-,22-,23-/m1/s1. The van der Waals surface area contributed by atoms with Crippen LogP contribution in [-0.4, -0.2) is 23.6 Å².